The van der Waals surface area contributed by atoms with Crippen molar-refractivity contribution >= 4 is 17.5 Å². The number of carbonyl (C=O) groups is 3. The molecule has 0 aliphatic heterocycles. The van der Waals surface area contributed by atoms with E-state index in [2.05, 4.69) is 12.1 Å². The third kappa shape index (κ3) is 17.3. The number of alkyl halides is 12. The lowest BCUT2D eigenvalue weighted by molar-refractivity contribution is -0.343. The predicted octanol–water partition coefficient (Wildman–Crippen LogP) is 11.4. The second-order valence-corrected chi connectivity index (χ2v) is 12.7. The number of hydrogen-bond acceptors (Lipinski definition) is 4. The molecule has 0 saturated heterocycles. The first kappa shape index (κ1) is 50.6. The number of carbonyl (C=O) groups excluding carboxylic acids is 3. The van der Waals surface area contributed by atoms with Gasteiger partial charge in [-0.05, 0) is 74.5 Å². The molecule has 3 aromatic carbocycles. The summed E-state index contributed by atoms with van der Waals surface area (Å²) in [5.74, 6) is -21.8. The summed E-state index contributed by atoms with van der Waals surface area (Å²) in [5.41, 5.74) is 3.13. The van der Waals surface area contributed by atoms with Gasteiger partial charge >= 0.3 is 30.1 Å². The molecule has 1 amide bonds. The number of benzene rings is 3. The minimum absolute atomic E-state index is 0.0133. The number of Topliss-reactive ketones (excluding diaryl/α,β-unsaturated/α-hetero) is 2. The van der Waals surface area contributed by atoms with Gasteiger partial charge in [-0.3, -0.25) is 19.2 Å². The third-order valence-corrected chi connectivity index (χ3v) is 8.31. The van der Waals surface area contributed by atoms with Gasteiger partial charge in [0, 0.05) is 26.3 Å². The molecule has 0 atom stereocenters. The second-order valence-electron chi connectivity index (χ2n) is 12.7. The van der Waals surface area contributed by atoms with Crippen molar-refractivity contribution in [3.05, 3.63) is 108 Å². The minimum Gasteiger partial charge on any atom is -0.293 e. The summed E-state index contributed by atoms with van der Waals surface area (Å²) in [6.07, 6.45) is -9.16. The van der Waals surface area contributed by atoms with Crippen LogP contribution in [0.5, 0.6) is 0 Å². The topological polar surface area (TPSA) is 63.7 Å². The molecular weight excluding hydrogens is 786 g/mol. The Bertz CT molecular complexity index is 1600. The van der Waals surface area contributed by atoms with Crippen LogP contribution in [0, 0.1) is 0 Å². The fourth-order valence-corrected chi connectivity index (χ4v) is 4.85. The number of unbranched alkanes of at least 4 members (excludes halogenated alkanes) is 3. The molecule has 5 nitrogen and oxygen atoms in total. The van der Waals surface area contributed by atoms with Gasteiger partial charge < -0.3 is 0 Å². The van der Waals surface area contributed by atoms with Crippen molar-refractivity contribution in [2.45, 2.75) is 107 Å². The Labute approximate surface area is 323 Å². The molecule has 0 N–H and O–H groups in total. The summed E-state index contributed by atoms with van der Waals surface area (Å²) < 4.78 is 148. The van der Waals surface area contributed by atoms with Gasteiger partial charge in [-0.25, -0.2) is 5.06 Å². The molecule has 3 rings (SSSR count). The molecule has 0 aliphatic carbocycles. The number of amides is 1. The van der Waals surface area contributed by atoms with Crippen molar-refractivity contribution in [2.24, 2.45) is 0 Å². The van der Waals surface area contributed by atoms with Crippen LogP contribution in [0.15, 0.2) is 91.0 Å². The van der Waals surface area contributed by atoms with E-state index in [0.29, 0.717) is 25.7 Å². The van der Waals surface area contributed by atoms with E-state index < -0.39 is 54.5 Å². The van der Waals surface area contributed by atoms with Gasteiger partial charge in [0.2, 0.25) is 17.5 Å². The molecule has 318 valence electrons. The molecular formula is C40H45F12NO4. The Morgan fingerprint density at radius 2 is 0.789 bits per heavy atom. The van der Waals surface area contributed by atoms with E-state index in [4.69, 9.17) is 4.84 Å². The molecule has 3 aromatic rings. The maximum atomic E-state index is 13.0. The quantitative estimate of drug-likeness (QED) is 0.0686. The van der Waals surface area contributed by atoms with Crippen LogP contribution in [0.4, 0.5) is 52.7 Å². The fourth-order valence-electron chi connectivity index (χ4n) is 4.85. The largest absolute Gasteiger partial charge is 0.461 e. The number of halogens is 12. The second kappa shape index (κ2) is 23.7. The van der Waals surface area contributed by atoms with E-state index in [0.717, 1.165) is 30.4 Å². The van der Waals surface area contributed by atoms with Crippen LogP contribution in [0.1, 0.15) is 74.5 Å². The first-order valence-electron chi connectivity index (χ1n) is 17.7. The van der Waals surface area contributed by atoms with E-state index in [1.807, 2.05) is 36.4 Å². The SMILES string of the molecule is CON(C)C(=O)CCCCc1ccccc1.O=C(CCCCc1ccccc1)C(F)(F)C(F)(F)C(F)(F)F.O=C(CCCCc1ccccc1)C(F)(F)C(F)(F)F. The molecule has 0 aliphatic rings. The Morgan fingerprint density at radius 1 is 0.474 bits per heavy atom. The van der Waals surface area contributed by atoms with Crippen molar-refractivity contribution in [2.75, 3.05) is 14.2 Å². The van der Waals surface area contributed by atoms with Crippen LogP contribution in [0.25, 0.3) is 0 Å². The van der Waals surface area contributed by atoms with Crippen LogP contribution in [0.3, 0.4) is 0 Å². The Balaban J connectivity index is 0.000000433. The number of aryl methyl sites for hydroxylation is 3. The van der Waals surface area contributed by atoms with Gasteiger partial charge in [0.05, 0.1) is 7.11 Å². The molecule has 57 heavy (non-hydrogen) atoms. The Kier molecular flexibility index (Phi) is 21.1. The molecule has 0 unspecified atom stereocenters. The number of hydrogen-bond donors (Lipinski definition) is 0. The first-order chi connectivity index (χ1) is 26.5. The summed E-state index contributed by atoms with van der Waals surface area (Å²) in [5, 5.41) is 1.28. The standard InChI is InChI=1S/C14H13F7O.C13H13F5O.C13H19NO2/c15-12(16,13(17,18)14(19,20)21)11(22)9-5-4-8-10-6-2-1-3-7-10;14-12(15,13(16,17)18)11(19)9-5-4-8-10-6-2-1-3-7-10;1-14(16-2)13(15)11-7-6-10-12-8-4-3-5-9-12/h1-3,6-7H,4-5,8-9H2;1-3,6-7H,4-5,8-9H2;3-5,8-9H,6-7,10-11H2,1-2H3. The highest BCUT2D eigenvalue weighted by Crippen LogP contribution is 2.47. The Hall–Kier alpha value is -4.41. The van der Waals surface area contributed by atoms with Crippen molar-refractivity contribution in [3.63, 3.8) is 0 Å². The van der Waals surface area contributed by atoms with Crippen molar-refractivity contribution in [3.8, 4) is 0 Å². The zero-order valence-electron chi connectivity index (χ0n) is 31.3. The number of rotatable bonds is 19. The third-order valence-electron chi connectivity index (χ3n) is 8.31. The summed E-state index contributed by atoms with van der Waals surface area (Å²) in [6.45, 7) is 0. The molecule has 0 bridgehead atoms. The molecule has 0 fully saturated rings. The molecule has 17 heteroatoms. The zero-order chi connectivity index (χ0) is 43.3. The molecule has 0 aromatic heterocycles. The Morgan fingerprint density at radius 3 is 1.09 bits per heavy atom. The molecule has 0 heterocycles. The summed E-state index contributed by atoms with van der Waals surface area (Å²) >= 11 is 0. The molecule has 0 saturated carbocycles. The van der Waals surface area contributed by atoms with E-state index in [9.17, 15) is 67.1 Å². The van der Waals surface area contributed by atoms with Gasteiger partial charge in [-0.15, -0.1) is 0 Å². The normalized spacial score (nSPS) is 12.1. The fraction of sp³-hybridized carbons (Fsp3) is 0.475. The maximum Gasteiger partial charge on any atom is 0.461 e. The highest BCUT2D eigenvalue weighted by molar-refractivity contribution is 5.87. The van der Waals surface area contributed by atoms with E-state index in [1.54, 1.807) is 49.5 Å². The van der Waals surface area contributed by atoms with E-state index in [-0.39, 0.29) is 25.2 Å². The zero-order valence-corrected chi connectivity index (χ0v) is 31.3. The van der Waals surface area contributed by atoms with Gasteiger partial charge in [-0.1, -0.05) is 91.0 Å². The van der Waals surface area contributed by atoms with Crippen molar-refractivity contribution in [1.29, 1.82) is 0 Å². The van der Waals surface area contributed by atoms with Gasteiger partial charge in [0.25, 0.3) is 0 Å². The van der Waals surface area contributed by atoms with Crippen molar-refractivity contribution < 1.29 is 71.9 Å². The highest BCUT2D eigenvalue weighted by Gasteiger charge is 2.75. The highest BCUT2D eigenvalue weighted by atomic mass is 19.4. The van der Waals surface area contributed by atoms with Gasteiger partial charge in [-0.2, -0.15) is 52.7 Å². The average molecular weight is 832 g/mol. The van der Waals surface area contributed by atoms with Gasteiger partial charge in [0.15, 0.2) is 0 Å². The van der Waals surface area contributed by atoms with Crippen molar-refractivity contribution in [1.82, 2.24) is 5.06 Å². The van der Waals surface area contributed by atoms with E-state index >= 15 is 0 Å². The lowest BCUT2D eigenvalue weighted by Gasteiger charge is -2.26. The smallest absolute Gasteiger partial charge is 0.293 e. The van der Waals surface area contributed by atoms with Crippen LogP contribution >= 0.6 is 0 Å². The summed E-state index contributed by atoms with van der Waals surface area (Å²) in [6, 6.07) is 28.1. The average Bonchev–Trinajstić information content (AvgIpc) is 3.17. The van der Waals surface area contributed by atoms with Gasteiger partial charge in [0.1, 0.15) is 0 Å². The van der Waals surface area contributed by atoms with Crippen LogP contribution in [-0.2, 0) is 38.5 Å². The summed E-state index contributed by atoms with van der Waals surface area (Å²) in [7, 11) is 3.14. The monoisotopic (exact) mass is 831 g/mol. The number of nitrogens with zero attached hydrogens (tertiary/aromatic N) is 1. The lowest BCUT2D eigenvalue weighted by Crippen LogP contribution is -2.56. The summed E-state index contributed by atoms with van der Waals surface area (Å²) in [4.78, 5) is 38.1. The first-order valence-corrected chi connectivity index (χ1v) is 17.7. The van der Waals surface area contributed by atoms with Crippen LogP contribution < -0.4 is 0 Å². The van der Waals surface area contributed by atoms with Crippen LogP contribution in [0.2, 0.25) is 0 Å². The number of hydroxylamine groups is 2. The maximum absolute atomic E-state index is 13.0. The van der Waals surface area contributed by atoms with Crippen LogP contribution in [-0.4, -0.2) is 66.8 Å². The minimum atomic E-state index is -6.48. The molecule has 0 spiro atoms. The number of ketones is 2. The van der Waals surface area contributed by atoms with E-state index in [1.165, 1.54) is 17.7 Å². The predicted molar refractivity (Wildman–Crippen MR) is 189 cm³/mol. The molecule has 0 radical (unpaired) electrons. The lowest BCUT2D eigenvalue weighted by atomic mass is 10.00.